The van der Waals surface area contributed by atoms with Crippen LogP contribution in [0.3, 0.4) is 0 Å². The average Bonchev–Trinajstić information content (AvgIpc) is 2.18. The topological polar surface area (TPSA) is 40.5 Å². The Kier molecular flexibility index (Phi) is 5.15. The molecule has 0 saturated carbocycles. The van der Waals surface area contributed by atoms with Gasteiger partial charge in [0.2, 0.25) is 0 Å². The molecule has 0 unspecified atom stereocenters. The average molecular weight is 259 g/mol. The zero-order valence-corrected chi connectivity index (χ0v) is 9.57. The molecule has 0 aromatic heterocycles. The highest BCUT2D eigenvalue weighted by molar-refractivity contribution is 9.10. The molecule has 1 rings (SSSR count). The van der Waals surface area contributed by atoms with E-state index >= 15 is 0 Å². The largest absolute Gasteiger partial charge is 0.396 e. The van der Waals surface area contributed by atoms with Crippen LogP contribution in [-0.2, 0) is 0 Å². The van der Waals surface area contributed by atoms with Gasteiger partial charge in [-0.2, -0.15) is 0 Å². The number of benzene rings is 1. The first-order chi connectivity index (χ1) is 6.79. The van der Waals surface area contributed by atoms with Crippen LogP contribution in [0.4, 0.5) is 0 Å². The van der Waals surface area contributed by atoms with Crippen molar-refractivity contribution in [3.63, 3.8) is 0 Å². The minimum atomic E-state index is 0.159. The molecule has 0 bridgehead atoms. The summed E-state index contributed by atoms with van der Waals surface area (Å²) < 4.78 is 1.05. The van der Waals surface area contributed by atoms with Crippen LogP contribution >= 0.6 is 15.9 Å². The van der Waals surface area contributed by atoms with Crippen molar-refractivity contribution in [3.8, 4) is 0 Å². The summed E-state index contributed by atoms with van der Waals surface area (Å²) in [5, 5.41) is 17.8. The van der Waals surface area contributed by atoms with E-state index in [4.69, 9.17) is 10.2 Å². The van der Waals surface area contributed by atoms with E-state index in [0.717, 1.165) is 10.0 Å². The van der Waals surface area contributed by atoms with Gasteiger partial charge in [-0.1, -0.05) is 34.1 Å². The molecule has 1 aromatic rings. The maximum absolute atomic E-state index is 8.92. The Hall–Kier alpha value is -0.380. The Bertz CT molecular complexity index is 270. The second-order valence-corrected chi connectivity index (χ2v) is 4.10. The number of aliphatic hydroxyl groups excluding tert-OH is 2. The lowest BCUT2D eigenvalue weighted by Gasteiger charge is -2.16. The van der Waals surface area contributed by atoms with Gasteiger partial charge in [0, 0.05) is 17.7 Å². The van der Waals surface area contributed by atoms with E-state index in [2.05, 4.69) is 15.9 Å². The van der Waals surface area contributed by atoms with Gasteiger partial charge in [-0.25, -0.2) is 0 Å². The standard InChI is InChI=1S/C11H15BrO2/c12-11-4-2-1-3-10(11)9(5-7-13)6-8-14/h1-4,9,13-14H,5-8H2. The summed E-state index contributed by atoms with van der Waals surface area (Å²) in [6, 6.07) is 7.95. The molecule has 3 heteroatoms. The second-order valence-electron chi connectivity index (χ2n) is 3.24. The summed E-state index contributed by atoms with van der Waals surface area (Å²) in [5.41, 5.74) is 1.16. The molecular weight excluding hydrogens is 244 g/mol. The Morgan fingerprint density at radius 1 is 1.07 bits per heavy atom. The molecule has 1 aromatic carbocycles. The zero-order valence-electron chi connectivity index (χ0n) is 7.99. The minimum absolute atomic E-state index is 0.159. The fourth-order valence-corrected chi connectivity index (χ4v) is 2.18. The summed E-state index contributed by atoms with van der Waals surface area (Å²) in [6.45, 7) is 0.317. The minimum Gasteiger partial charge on any atom is -0.396 e. The molecule has 78 valence electrons. The van der Waals surface area contributed by atoms with Gasteiger partial charge in [-0.3, -0.25) is 0 Å². The molecule has 2 nitrogen and oxygen atoms in total. The first-order valence-electron chi connectivity index (χ1n) is 4.75. The number of hydrogen-bond donors (Lipinski definition) is 2. The summed E-state index contributed by atoms with van der Waals surface area (Å²) in [6.07, 6.45) is 1.40. The normalized spacial score (nSPS) is 10.9. The zero-order chi connectivity index (χ0) is 10.4. The van der Waals surface area contributed by atoms with Crippen LogP contribution in [-0.4, -0.2) is 23.4 Å². The van der Waals surface area contributed by atoms with Crippen LogP contribution in [0.15, 0.2) is 28.7 Å². The van der Waals surface area contributed by atoms with E-state index in [1.807, 2.05) is 24.3 Å². The van der Waals surface area contributed by atoms with Crippen molar-refractivity contribution in [1.29, 1.82) is 0 Å². The van der Waals surface area contributed by atoms with Crippen LogP contribution < -0.4 is 0 Å². The summed E-state index contributed by atoms with van der Waals surface area (Å²) in [4.78, 5) is 0. The first kappa shape index (κ1) is 11.7. The number of aliphatic hydroxyl groups is 2. The van der Waals surface area contributed by atoms with Gasteiger partial charge in [-0.15, -0.1) is 0 Å². The van der Waals surface area contributed by atoms with Crippen molar-refractivity contribution in [2.75, 3.05) is 13.2 Å². The molecule has 0 aliphatic heterocycles. The summed E-state index contributed by atoms with van der Waals surface area (Å²) in [7, 11) is 0. The molecule has 14 heavy (non-hydrogen) atoms. The van der Waals surface area contributed by atoms with E-state index in [0.29, 0.717) is 12.8 Å². The molecule has 0 aliphatic rings. The fraction of sp³-hybridized carbons (Fsp3) is 0.455. The van der Waals surface area contributed by atoms with E-state index in [-0.39, 0.29) is 19.1 Å². The molecule has 0 saturated heterocycles. The van der Waals surface area contributed by atoms with Crippen molar-refractivity contribution >= 4 is 15.9 Å². The number of rotatable bonds is 5. The Morgan fingerprint density at radius 3 is 2.14 bits per heavy atom. The molecule has 0 amide bonds. The quantitative estimate of drug-likeness (QED) is 0.851. The van der Waals surface area contributed by atoms with E-state index < -0.39 is 0 Å². The van der Waals surface area contributed by atoms with Crippen LogP contribution in [0.1, 0.15) is 24.3 Å². The molecule has 0 radical (unpaired) electrons. The lowest BCUT2D eigenvalue weighted by atomic mass is 9.93. The van der Waals surface area contributed by atoms with Crippen LogP contribution in [0, 0.1) is 0 Å². The SMILES string of the molecule is OCCC(CCO)c1ccccc1Br. The van der Waals surface area contributed by atoms with E-state index in [1.165, 1.54) is 0 Å². The summed E-state index contributed by atoms with van der Waals surface area (Å²) >= 11 is 3.47. The molecule has 0 aliphatic carbocycles. The number of halogens is 1. The molecule has 0 spiro atoms. The number of hydrogen-bond acceptors (Lipinski definition) is 2. The Morgan fingerprint density at radius 2 is 1.64 bits per heavy atom. The summed E-state index contributed by atoms with van der Waals surface area (Å²) in [5.74, 6) is 0.237. The predicted octanol–water partition coefficient (Wildman–Crippen LogP) is 2.30. The molecule has 0 atom stereocenters. The van der Waals surface area contributed by atoms with Crippen molar-refractivity contribution in [3.05, 3.63) is 34.3 Å². The highest BCUT2D eigenvalue weighted by Gasteiger charge is 2.12. The fourth-order valence-electron chi connectivity index (χ4n) is 1.57. The lowest BCUT2D eigenvalue weighted by molar-refractivity contribution is 0.241. The van der Waals surface area contributed by atoms with Gasteiger partial charge in [0.25, 0.3) is 0 Å². The van der Waals surface area contributed by atoms with Gasteiger partial charge < -0.3 is 10.2 Å². The monoisotopic (exact) mass is 258 g/mol. The molecular formula is C11H15BrO2. The Labute approximate surface area is 92.7 Å². The van der Waals surface area contributed by atoms with Gasteiger partial charge in [0.15, 0.2) is 0 Å². The second kappa shape index (κ2) is 6.17. The third-order valence-corrected chi connectivity index (χ3v) is 3.02. The molecule has 2 N–H and O–H groups in total. The van der Waals surface area contributed by atoms with Crippen LogP contribution in [0.5, 0.6) is 0 Å². The van der Waals surface area contributed by atoms with E-state index in [1.54, 1.807) is 0 Å². The van der Waals surface area contributed by atoms with Crippen molar-refractivity contribution < 1.29 is 10.2 Å². The third-order valence-electron chi connectivity index (χ3n) is 2.30. The van der Waals surface area contributed by atoms with Gasteiger partial charge in [0.1, 0.15) is 0 Å². The van der Waals surface area contributed by atoms with Crippen LogP contribution in [0.2, 0.25) is 0 Å². The van der Waals surface area contributed by atoms with Crippen LogP contribution in [0.25, 0.3) is 0 Å². The van der Waals surface area contributed by atoms with Crippen molar-refractivity contribution in [2.24, 2.45) is 0 Å². The predicted molar refractivity (Wildman–Crippen MR) is 60.3 cm³/mol. The Balaban J connectivity index is 2.81. The van der Waals surface area contributed by atoms with Crippen molar-refractivity contribution in [2.45, 2.75) is 18.8 Å². The van der Waals surface area contributed by atoms with Crippen molar-refractivity contribution in [1.82, 2.24) is 0 Å². The van der Waals surface area contributed by atoms with Gasteiger partial charge in [0.05, 0.1) is 0 Å². The van der Waals surface area contributed by atoms with Gasteiger partial charge in [-0.05, 0) is 30.4 Å². The molecule has 0 heterocycles. The highest BCUT2D eigenvalue weighted by atomic mass is 79.9. The third kappa shape index (κ3) is 3.08. The maximum Gasteiger partial charge on any atom is 0.0436 e. The molecule has 0 fully saturated rings. The smallest absolute Gasteiger partial charge is 0.0436 e. The first-order valence-corrected chi connectivity index (χ1v) is 5.55. The van der Waals surface area contributed by atoms with Gasteiger partial charge >= 0.3 is 0 Å². The highest BCUT2D eigenvalue weighted by Crippen LogP contribution is 2.29. The van der Waals surface area contributed by atoms with E-state index in [9.17, 15) is 0 Å². The lowest BCUT2D eigenvalue weighted by Crippen LogP contribution is -2.04. The maximum atomic E-state index is 8.92.